The van der Waals surface area contributed by atoms with Crippen LogP contribution in [-0.4, -0.2) is 19.5 Å². The van der Waals surface area contributed by atoms with Crippen LogP contribution in [0.4, 0.5) is 0 Å². The summed E-state index contributed by atoms with van der Waals surface area (Å²) in [7, 11) is -3.84. The van der Waals surface area contributed by atoms with Gasteiger partial charge in [0.15, 0.2) is 0 Å². The number of benzene rings is 1. The van der Waals surface area contributed by atoms with E-state index < -0.39 is 16.0 Å². The van der Waals surface area contributed by atoms with Gasteiger partial charge in [0.25, 0.3) is 0 Å². The number of sulfonamides is 1. The minimum atomic E-state index is -3.84. The molecule has 7 heteroatoms. The second kappa shape index (κ2) is 5.25. The Bertz CT molecular complexity index is 795. The molecule has 1 aliphatic carbocycles. The van der Waals surface area contributed by atoms with Crippen molar-refractivity contribution in [3.63, 3.8) is 0 Å². The van der Waals surface area contributed by atoms with Crippen LogP contribution < -0.4 is 4.72 Å². The van der Waals surface area contributed by atoms with Gasteiger partial charge < -0.3 is 5.11 Å². The van der Waals surface area contributed by atoms with Crippen LogP contribution in [0.5, 0.6) is 0 Å². The summed E-state index contributed by atoms with van der Waals surface area (Å²) in [5.41, 5.74) is 2.10. The molecular formula is C14H13NO4S2. The molecule has 0 aliphatic heterocycles. The number of carboxylic acid groups (broad SMARTS) is 1. The van der Waals surface area contributed by atoms with Crippen LogP contribution >= 0.6 is 11.3 Å². The third kappa shape index (κ3) is 2.59. The number of hydrogen-bond acceptors (Lipinski definition) is 4. The van der Waals surface area contributed by atoms with E-state index in [0.29, 0.717) is 6.42 Å². The van der Waals surface area contributed by atoms with Crippen LogP contribution in [0.25, 0.3) is 0 Å². The summed E-state index contributed by atoms with van der Waals surface area (Å²) in [5.74, 6) is -1.22. The Morgan fingerprint density at radius 3 is 2.81 bits per heavy atom. The van der Waals surface area contributed by atoms with Crippen LogP contribution in [0, 0.1) is 0 Å². The maximum atomic E-state index is 12.4. The number of carboxylic acids is 1. The average Bonchev–Trinajstić information content (AvgIpc) is 3.06. The largest absolute Gasteiger partial charge is 0.477 e. The van der Waals surface area contributed by atoms with E-state index in [1.54, 1.807) is 0 Å². The number of aryl methyl sites for hydroxylation is 1. The van der Waals surface area contributed by atoms with Gasteiger partial charge in [0.1, 0.15) is 9.77 Å². The number of carbonyl (C=O) groups is 1. The van der Waals surface area contributed by atoms with Crippen molar-refractivity contribution < 1.29 is 18.3 Å². The summed E-state index contributed by atoms with van der Waals surface area (Å²) in [6.45, 7) is 0. The predicted octanol–water partition coefficient (Wildman–Crippen LogP) is 2.41. The van der Waals surface area contributed by atoms with Gasteiger partial charge in [0.05, 0.1) is 0 Å². The van der Waals surface area contributed by atoms with Crippen LogP contribution in [-0.2, 0) is 16.4 Å². The molecule has 1 aromatic carbocycles. The zero-order valence-electron chi connectivity index (χ0n) is 10.9. The van der Waals surface area contributed by atoms with Crippen molar-refractivity contribution in [3.05, 3.63) is 51.7 Å². The molecule has 0 spiro atoms. The van der Waals surface area contributed by atoms with Crippen molar-refractivity contribution in [3.8, 4) is 0 Å². The van der Waals surface area contributed by atoms with Crippen molar-refractivity contribution in [1.82, 2.24) is 4.72 Å². The Morgan fingerprint density at radius 2 is 2.05 bits per heavy atom. The minimum Gasteiger partial charge on any atom is -0.477 e. The summed E-state index contributed by atoms with van der Waals surface area (Å²) >= 11 is 0.909. The Balaban J connectivity index is 1.91. The molecule has 5 nitrogen and oxygen atoms in total. The zero-order chi connectivity index (χ0) is 15.0. The SMILES string of the molecule is O=C(O)c1sccc1S(=O)(=O)NC1CCc2ccccc21. The van der Waals surface area contributed by atoms with Gasteiger partial charge in [-0.3, -0.25) is 0 Å². The third-order valence-electron chi connectivity index (χ3n) is 3.54. The fourth-order valence-corrected chi connectivity index (χ4v) is 5.11. The molecule has 21 heavy (non-hydrogen) atoms. The predicted molar refractivity (Wildman–Crippen MR) is 79.1 cm³/mol. The summed E-state index contributed by atoms with van der Waals surface area (Å²) in [6, 6.07) is 8.72. The molecule has 110 valence electrons. The lowest BCUT2D eigenvalue weighted by Crippen LogP contribution is -2.28. The lowest BCUT2D eigenvalue weighted by atomic mass is 10.1. The molecule has 1 unspecified atom stereocenters. The second-order valence-corrected chi connectivity index (χ2v) is 7.43. The van der Waals surface area contributed by atoms with Crippen molar-refractivity contribution in [2.24, 2.45) is 0 Å². The quantitative estimate of drug-likeness (QED) is 0.905. The van der Waals surface area contributed by atoms with Crippen LogP contribution in [0.1, 0.15) is 33.3 Å². The van der Waals surface area contributed by atoms with Crippen molar-refractivity contribution >= 4 is 27.3 Å². The van der Waals surface area contributed by atoms with Crippen LogP contribution in [0.2, 0.25) is 0 Å². The molecule has 2 aromatic rings. The fraction of sp³-hybridized carbons (Fsp3) is 0.214. The molecule has 3 rings (SSSR count). The fourth-order valence-electron chi connectivity index (χ4n) is 2.60. The Kier molecular flexibility index (Phi) is 3.56. The van der Waals surface area contributed by atoms with E-state index in [4.69, 9.17) is 5.11 Å². The molecule has 1 aliphatic rings. The first-order chi connectivity index (χ1) is 9.99. The van der Waals surface area contributed by atoms with Gasteiger partial charge in [-0.1, -0.05) is 24.3 Å². The number of hydrogen-bond donors (Lipinski definition) is 2. The van der Waals surface area contributed by atoms with E-state index in [2.05, 4.69) is 4.72 Å². The van der Waals surface area contributed by atoms with E-state index in [1.807, 2.05) is 24.3 Å². The van der Waals surface area contributed by atoms with Gasteiger partial charge >= 0.3 is 5.97 Å². The molecule has 2 N–H and O–H groups in total. The highest BCUT2D eigenvalue weighted by Gasteiger charge is 2.30. The smallest absolute Gasteiger partial charge is 0.347 e. The van der Waals surface area contributed by atoms with Gasteiger partial charge in [-0.15, -0.1) is 11.3 Å². The second-order valence-electron chi connectivity index (χ2n) is 4.83. The number of rotatable bonds is 4. The van der Waals surface area contributed by atoms with Gasteiger partial charge in [0.2, 0.25) is 10.0 Å². The molecule has 0 amide bonds. The molecule has 0 radical (unpaired) electrons. The first kappa shape index (κ1) is 14.2. The maximum absolute atomic E-state index is 12.4. The molecule has 0 saturated heterocycles. The number of fused-ring (bicyclic) bond motifs is 1. The van der Waals surface area contributed by atoms with Crippen LogP contribution in [0.3, 0.4) is 0 Å². The third-order valence-corrected chi connectivity index (χ3v) is 6.09. The molecule has 0 fully saturated rings. The molecular weight excluding hydrogens is 310 g/mol. The molecule has 1 atom stereocenters. The monoisotopic (exact) mass is 323 g/mol. The summed E-state index contributed by atoms with van der Waals surface area (Å²) in [5, 5.41) is 10.5. The van der Waals surface area contributed by atoms with E-state index in [-0.39, 0.29) is 15.8 Å². The van der Waals surface area contributed by atoms with E-state index in [0.717, 1.165) is 28.9 Å². The van der Waals surface area contributed by atoms with Crippen molar-refractivity contribution in [1.29, 1.82) is 0 Å². The molecule has 1 aromatic heterocycles. The molecule has 1 heterocycles. The normalized spacial score (nSPS) is 17.6. The highest BCUT2D eigenvalue weighted by molar-refractivity contribution is 7.89. The number of thiophene rings is 1. The highest BCUT2D eigenvalue weighted by Crippen LogP contribution is 2.33. The van der Waals surface area contributed by atoms with Gasteiger partial charge in [0, 0.05) is 6.04 Å². The Morgan fingerprint density at radius 1 is 1.29 bits per heavy atom. The summed E-state index contributed by atoms with van der Waals surface area (Å²) in [4.78, 5) is 10.8. The van der Waals surface area contributed by atoms with E-state index in [1.165, 1.54) is 11.4 Å². The topological polar surface area (TPSA) is 83.5 Å². The molecule has 0 saturated carbocycles. The number of aromatic carboxylic acids is 1. The van der Waals surface area contributed by atoms with E-state index >= 15 is 0 Å². The zero-order valence-corrected chi connectivity index (χ0v) is 12.6. The Labute approximate surface area is 126 Å². The standard InChI is InChI=1S/C14H13NO4S2/c16-14(17)13-12(7-8-20-13)21(18,19)15-11-6-5-9-3-1-2-4-10(9)11/h1-4,7-8,11,15H,5-6H2,(H,16,17). The number of nitrogens with one attached hydrogen (secondary N) is 1. The van der Waals surface area contributed by atoms with Gasteiger partial charge in [-0.05, 0) is 35.4 Å². The van der Waals surface area contributed by atoms with Gasteiger partial charge in [-0.2, -0.15) is 0 Å². The average molecular weight is 323 g/mol. The van der Waals surface area contributed by atoms with Crippen LogP contribution in [0.15, 0.2) is 40.6 Å². The van der Waals surface area contributed by atoms with Crippen molar-refractivity contribution in [2.75, 3.05) is 0 Å². The summed E-state index contributed by atoms with van der Waals surface area (Å²) in [6.07, 6.45) is 1.50. The first-order valence-electron chi connectivity index (χ1n) is 6.40. The lowest BCUT2D eigenvalue weighted by Gasteiger charge is -2.14. The minimum absolute atomic E-state index is 0.159. The maximum Gasteiger partial charge on any atom is 0.347 e. The van der Waals surface area contributed by atoms with Gasteiger partial charge in [-0.25, -0.2) is 17.9 Å². The van der Waals surface area contributed by atoms with E-state index in [9.17, 15) is 13.2 Å². The summed E-state index contributed by atoms with van der Waals surface area (Å²) < 4.78 is 27.5. The van der Waals surface area contributed by atoms with Crippen molar-refractivity contribution in [2.45, 2.75) is 23.8 Å². The lowest BCUT2D eigenvalue weighted by molar-refractivity contribution is 0.0698. The molecule has 0 bridgehead atoms. The Hall–Kier alpha value is -1.70. The first-order valence-corrected chi connectivity index (χ1v) is 8.76. The highest BCUT2D eigenvalue weighted by atomic mass is 32.2.